The Morgan fingerprint density at radius 1 is 0.375 bits per heavy atom. The summed E-state index contributed by atoms with van der Waals surface area (Å²) >= 11 is 8.87. The van der Waals surface area contributed by atoms with E-state index in [1.54, 1.807) is 0 Å². The second-order valence-corrected chi connectivity index (χ2v) is 15.7. The first kappa shape index (κ1) is 33.4. The molecule has 0 unspecified atom stereocenters. The molecule has 248 valence electrons. The summed E-state index contributed by atoms with van der Waals surface area (Å²) in [5.74, 6) is 0. The molecule has 2 aromatic heterocycles. The van der Waals surface area contributed by atoms with Gasteiger partial charge in [-0.15, -0.1) is 22.7 Å². The Morgan fingerprint density at radius 3 is 0.938 bits per heavy atom. The minimum absolute atomic E-state index is 0.0218. The summed E-state index contributed by atoms with van der Waals surface area (Å²) < 4.78 is 168. The Bertz CT molecular complexity index is 2290. The molecule has 0 spiro atoms. The maximum absolute atomic E-state index is 13.8. The molecule has 0 fully saturated rings. The lowest BCUT2D eigenvalue weighted by atomic mass is 9.91. The molecule has 0 aliphatic heterocycles. The van der Waals surface area contributed by atoms with E-state index in [0.717, 1.165) is 22.7 Å². The molecule has 0 saturated heterocycles. The minimum Gasteiger partial charge on any atom is -0.166 e. The van der Waals surface area contributed by atoms with E-state index in [-0.39, 0.29) is 45.5 Å². The van der Waals surface area contributed by atoms with Gasteiger partial charge in [-0.1, -0.05) is 0 Å². The quantitative estimate of drug-likeness (QED) is 0.152. The van der Waals surface area contributed by atoms with Crippen LogP contribution in [-0.4, -0.2) is 0 Å². The summed E-state index contributed by atoms with van der Waals surface area (Å²) in [5, 5.41) is 1.31. The number of hydrogen-bond donors (Lipinski definition) is 0. The monoisotopic (exact) mass is 844 g/mol. The van der Waals surface area contributed by atoms with E-state index in [2.05, 4.69) is 31.9 Å². The van der Waals surface area contributed by atoms with Crippen molar-refractivity contribution in [3.8, 4) is 0 Å². The standard InChI is InChI=1S/C32H10Br2F12S2/c33-23-9-21-25(11-1-13(29(35,36)37)5-14(2-11)30(38,39)40)17-7-20-18(8-19(17)27(21)47-23)26(22-10-24(34)48-28(20)22)12-3-15(31(41,42)43)6-16(4-12)32(44,45)46/h1-10H. The van der Waals surface area contributed by atoms with Crippen LogP contribution in [0.3, 0.4) is 0 Å². The summed E-state index contributed by atoms with van der Waals surface area (Å²) in [4.78, 5) is 0. The van der Waals surface area contributed by atoms with Crippen molar-refractivity contribution in [3.05, 3.63) is 143 Å². The molecule has 3 aromatic carbocycles. The Balaban J connectivity index is 1.56. The van der Waals surface area contributed by atoms with Crippen molar-refractivity contribution in [2.75, 3.05) is 0 Å². The summed E-state index contributed by atoms with van der Waals surface area (Å²) in [5.41, 5.74) is -6.18. The van der Waals surface area contributed by atoms with Crippen LogP contribution in [0.5, 0.6) is 0 Å². The van der Waals surface area contributed by atoms with Crippen LogP contribution in [-0.2, 0) is 24.7 Å². The van der Waals surface area contributed by atoms with E-state index in [0.29, 0.717) is 61.8 Å². The molecule has 2 aliphatic carbocycles. The molecule has 5 aromatic rings. The Morgan fingerprint density at radius 2 is 0.667 bits per heavy atom. The van der Waals surface area contributed by atoms with Gasteiger partial charge in [0, 0.05) is 29.9 Å². The lowest BCUT2D eigenvalue weighted by Crippen LogP contribution is -2.13. The van der Waals surface area contributed by atoms with Gasteiger partial charge in [0.25, 0.3) is 0 Å². The summed E-state index contributed by atoms with van der Waals surface area (Å²) in [7, 11) is 0. The third kappa shape index (κ3) is 5.52. The van der Waals surface area contributed by atoms with Gasteiger partial charge >= 0.3 is 24.7 Å². The number of thiophene rings is 2. The highest BCUT2D eigenvalue weighted by Gasteiger charge is 2.39. The van der Waals surface area contributed by atoms with Crippen LogP contribution in [0.1, 0.15) is 44.5 Å². The predicted octanol–water partition coefficient (Wildman–Crippen LogP) is 11.1. The van der Waals surface area contributed by atoms with Crippen molar-refractivity contribution in [2.45, 2.75) is 24.7 Å². The van der Waals surface area contributed by atoms with Crippen LogP contribution in [0.4, 0.5) is 52.7 Å². The zero-order valence-corrected chi connectivity index (χ0v) is 27.7. The van der Waals surface area contributed by atoms with E-state index >= 15 is 0 Å². The molecule has 16 heteroatoms. The fourth-order valence-electron chi connectivity index (χ4n) is 5.99. The Kier molecular flexibility index (Phi) is 7.46. The first-order valence-electron chi connectivity index (χ1n) is 13.2. The maximum atomic E-state index is 13.8. The van der Waals surface area contributed by atoms with Crippen LogP contribution in [0.25, 0.3) is 11.1 Å². The minimum atomic E-state index is -5.11. The largest absolute Gasteiger partial charge is 0.416 e. The average molecular weight is 846 g/mol. The molecule has 0 nitrogen and oxygen atoms in total. The van der Waals surface area contributed by atoms with Crippen molar-refractivity contribution < 1.29 is 52.7 Å². The lowest BCUT2D eigenvalue weighted by molar-refractivity contribution is -0.144. The second-order valence-electron chi connectivity index (χ2n) is 10.9. The van der Waals surface area contributed by atoms with Crippen molar-refractivity contribution in [2.24, 2.45) is 0 Å². The van der Waals surface area contributed by atoms with Gasteiger partial charge in [-0.3, -0.25) is 0 Å². The van der Waals surface area contributed by atoms with Crippen LogP contribution in [0.15, 0.2) is 68.2 Å². The van der Waals surface area contributed by atoms with E-state index in [1.807, 2.05) is 0 Å². The molecule has 2 heterocycles. The highest BCUT2D eigenvalue weighted by Crippen LogP contribution is 2.43. The first-order valence-corrected chi connectivity index (χ1v) is 16.5. The number of halogens is 14. The molecule has 48 heavy (non-hydrogen) atoms. The highest BCUT2D eigenvalue weighted by atomic mass is 79.9. The lowest BCUT2D eigenvalue weighted by Gasteiger charge is -2.17. The number of hydrogen-bond acceptors (Lipinski definition) is 2. The van der Waals surface area contributed by atoms with E-state index < -0.39 is 47.0 Å². The number of fused-ring (bicyclic) bond motifs is 4. The fourth-order valence-corrected chi connectivity index (χ4v) is 9.27. The van der Waals surface area contributed by atoms with Gasteiger partial charge in [-0.2, -0.15) is 52.7 Å². The van der Waals surface area contributed by atoms with Crippen molar-refractivity contribution in [1.82, 2.24) is 0 Å². The molecule has 0 bridgehead atoms. The SMILES string of the molecule is FC(F)(F)c1cc(C2=c3cc(Br)sc3=c3cc4c(cc32)=c2sc(Br)cc2=C4c2cc(C(F)(F)F)cc(C(F)(F)F)c2)cc(C(F)(F)F)c1. The summed E-state index contributed by atoms with van der Waals surface area (Å²) in [6.45, 7) is 0. The molecular formula is C32H10Br2F12S2. The van der Waals surface area contributed by atoms with E-state index in [4.69, 9.17) is 0 Å². The van der Waals surface area contributed by atoms with Gasteiger partial charge in [-0.25, -0.2) is 0 Å². The van der Waals surface area contributed by atoms with Crippen LogP contribution in [0.2, 0.25) is 0 Å². The molecule has 0 atom stereocenters. The van der Waals surface area contributed by atoms with Crippen LogP contribution < -0.4 is 10.4 Å². The summed E-state index contributed by atoms with van der Waals surface area (Å²) in [6.07, 6.45) is -20.5. The smallest absolute Gasteiger partial charge is 0.166 e. The summed E-state index contributed by atoms with van der Waals surface area (Å²) in [6, 6.07) is 8.62. The van der Waals surface area contributed by atoms with E-state index in [1.165, 1.54) is 24.3 Å². The molecule has 0 N–H and O–H groups in total. The van der Waals surface area contributed by atoms with Gasteiger partial charge in [0.2, 0.25) is 0 Å². The van der Waals surface area contributed by atoms with Crippen LogP contribution in [0, 0.1) is 19.5 Å². The highest BCUT2D eigenvalue weighted by molar-refractivity contribution is 9.11. The van der Waals surface area contributed by atoms with Gasteiger partial charge in [0.05, 0.1) is 29.8 Å². The van der Waals surface area contributed by atoms with Gasteiger partial charge < -0.3 is 0 Å². The molecule has 2 aliphatic rings. The number of benzene rings is 3. The zero-order valence-electron chi connectivity index (χ0n) is 22.9. The topological polar surface area (TPSA) is 0 Å². The second kappa shape index (κ2) is 10.7. The third-order valence-corrected chi connectivity index (χ3v) is 11.2. The first-order chi connectivity index (χ1) is 22.1. The molecule has 0 radical (unpaired) electrons. The predicted molar refractivity (Wildman–Crippen MR) is 161 cm³/mol. The third-order valence-electron chi connectivity index (χ3n) is 7.88. The molecule has 7 rings (SSSR count). The Hall–Kier alpha value is -3.08. The van der Waals surface area contributed by atoms with E-state index in [9.17, 15) is 52.7 Å². The number of alkyl halides is 12. The molecule has 0 saturated carbocycles. The maximum Gasteiger partial charge on any atom is 0.416 e. The van der Waals surface area contributed by atoms with Crippen molar-refractivity contribution in [1.29, 1.82) is 0 Å². The fraction of sp³-hybridized carbons (Fsp3) is 0.125. The molecule has 0 amide bonds. The van der Waals surface area contributed by atoms with Crippen molar-refractivity contribution >= 4 is 65.7 Å². The zero-order chi connectivity index (χ0) is 34.9. The van der Waals surface area contributed by atoms with Gasteiger partial charge in [0.15, 0.2) is 0 Å². The normalized spacial score (nSPS) is 14.4. The average Bonchev–Trinajstić information content (AvgIpc) is 3.67. The van der Waals surface area contributed by atoms with Gasteiger partial charge in [-0.05, 0) is 126 Å². The van der Waals surface area contributed by atoms with Gasteiger partial charge in [0.1, 0.15) is 0 Å². The number of rotatable bonds is 2. The Labute approximate surface area is 284 Å². The molecular weight excluding hydrogens is 836 g/mol. The van der Waals surface area contributed by atoms with Crippen molar-refractivity contribution in [3.63, 3.8) is 0 Å². The van der Waals surface area contributed by atoms with Crippen LogP contribution >= 0.6 is 54.5 Å².